The molecule has 0 radical (unpaired) electrons. The topological polar surface area (TPSA) is 72.2 Å². The predicted molar refractivity (Wildman–Crippen MR) is 60.4 cm³/mol. The van der Waals surface area contributed by atoms with Crippen molar-refractivity contribution in [1.29, 1.82) is 0 Å². The van der Waals surface area contributed by atoms with Crippen LogP contribution in [-0.4, -0.2) is 24.3 Å². The molecule has 1 unspecified atom stereocenters. The maximum atomic E-state index is 11.4. The largest absolute Gasteiger partial charge is 0.356 e. The molecule has 0 aliphatic heterocycles. The summed E-state index contributed by atoms with van der Waals surface area (Å²) in [5.74, 6) is 0.113. The van der Waals surface area contributed by atoms with Crippen molar-refractivity contribution in [1.82, 2.24) is 5.32 Å². The van der Waals surface area contributed by atoms with E-state index in [9.17, 15) is 9.59 Å². The monoisotopic (exact) mass is 214 g/mol. The van der Waals surface area contributed by atoms with E-state index in [4.69, 9.17) is 5.73 Å². The number of unbranched alkanes of at least 4 members (excludes halogenated alkanes) is 1. The highest BCUT2D eigenvalue weighted by Crippen LogP contribution is 2.05. The van der Waals surface area contributed by atoms with E-state index in [-0.39, 0.29) is 23.7 Å². The van der Waals surface area contributed by atoms with Gasteiger partial charge in [0.1, 0.15) is 0 Å². The van der Waals surface area contributed by atoms with Crippen LogP contribution in [-0.2, 0) is 9.59 Å². The molecule has 88 valence electrons. The van der Waals surface area contributed by atoms with Crippen LogP contribution >= 0.6 is 0 Å². The molecule has 0 spiro atoms. The second-order valence-corrected chi connectivity index (χ2v) is 4.14. The highest BCUT2D eigenvalue weighted by atomic mass is 16.1. The third kappa shape index (κ3) is 7.08. The third-order valence-corrected chi connectivity index (χ3v) is 2.25. The van der Waals surface area contributed by atoms with Gasteiger partial charge in [0.15, 0.2) is 5.78 Å². The van der Waals surface area contributed by atoms with Crippen LogP contribution in [0.1, 0.15) is 40.0 Å². The van der Waals surface area contributed by atoms with Gasteiger partial charge in [-0.15, -0.1) is 0 Å². The number of ketones is 1. The Kier molecular flexibility index (Phi) is 6.96. The van der Waals surface area contributed by atoms with E-state index < -0.39 is 0 Å². The first-order valence-corrected chi connectivity index (χ1v) is 5.49. The maximum Gasteiger partial charge on any atom is 0.216 e. The Balaban J connectivity index is 3.51. The van der Waals surface area contributed by atoms with Crippen molar-refractivity contribution in [2.75, 3.05) is 6.54 Å². The lowest BCUT2D eigenvalue weighted by atomic mass is 9.98. The van der Waals surface area contributed by atoms with Crippen molar-refractivity contribution in [2.45, 2.75) is 46.1 Å². The Morgan fingerprint density at radius 1 is 1.27 bits per heavy atom. The molecule has 0 saturated carbocycles. The Morgan fingerprint density at radius 3 is 2.33 bits per heavy atom. The van der Waals surface area contributed by atoms with Crippen LogP contribution in [0.15, 0.2) is 0 Å². The van der Waals surface area contributed by atoms with Crippen molar-refractivity contribution >= 4 is 11.7 Å². The van der Waals surface area contributed by atoms with Gasteiger partial charge in [0.25, 0.3) is 0 Å². The normalized spacial score (nSPS) is 12.6. The number of nitrogens with one attached hydrogen (secondary N) is 1. The summed E-state index contributed by atoms with van der Waals surface area (Å²) in [7, 11) is 0. The van der Waals surface area contributed by atoms with Gasteiger partial charge in [0.2, 0.25) is 5.91 Å². The highest BCUT2D eigenvalue weighted by Gasteiger charge is 2.15. The Hall–Kier alpha value is -0.900. The van der Waals surface area contributed by atoms with Gasteiger partial charge >= 0.3 is 0 Å². The lowest BCUT2D eigenvalue weighted by Crippen LogP contribution is -2.33. The molecule has 1 amide bonds. The molecular weight excluding hydrogens is 192 g/mol. The van der Waals surface area contributed by atoms with Crippen LogP contribution in [0.25, 0.3) is 0 Å². The quantitative estimate of drug-likeness (QED) is 0.617. The predicted octanol–water partition coefficient (Wildman–Crippen LogP) is 0.845. The lowest BCUT2D eigenvalue weighted by molar-refractivity contribution is -0.123. The van der Waals surface area contributed by atoms with Crippen molar-refractivity contribution in [3.8, 4) is 0 Å². The average molecular weight is 214 g/mol. The van der Waals surface area contributed by atoms with Gasteiger partial charge in [-0.25, -0.2) is 0 Å². The molecule has 0 aliphatic carbocycles. The molecule has 0 aromatic heterocycles. The summed E-state index contributed by atoms with van der Waals surface area (Å²) >= 11 is 0. The van der Waals surface area contributed by atoms with Gasteiger partial charge in [0, 0.05) is 19.4 Å². The number of nitrogens with two attached hydrogens (primary N) is 1. The van der Waals surface area contributed by atoms with Gasteiger partial charge in [-0.2, -0.15) is 0 Å². The van der Waals surface area contributed by atoms with E-state index in [0.717, 1.165) is 12.8 Å². The number of amides is 1. The molecule has 15 heavy (non-hydrogen) atoms. The summed E-state index contributed by atoms with van der Waals surface area (Å²) in [6.45, 7) is 5.88. The summed E-state index contributed by atoms with van der Waals surface area (Å²) < 4.78 is 0. The second kappa shape index (κ2) is 7.40. The molecule has 0 bridgehead atoms. The number of carbonyl (C=O) groups excluding carboxylic acids is 2. The average Bonchev–Trinajstić information content (AvgIpc) is 2.15. The molecule has 4 nitrogen and oxygen atoms in total. The molecule has 0 heterocycles. The number of rotatable bonds is 7. The van der Waals surface area contributed by atoms with Crippen LogP contribution in [0.5, 0.6) is 0 Å². The molecule has 0 rings (SSSR count). The van der Waals surface area contributed by atoms with E-state index in [0.29, 0.717) is 13.0 Å². The number of Topliss-reactive ketones (excluding diaryl/α,β-unsaturated/α-hetero) is 1. The zero-order chi connectivity index (χ0) is 11.8. The van der Waals surface area contributed by atoms with Crippen LogP contribution in [0.2, 0.25) is 0 Å². The molecule has 0 aliphatic rings. The van der Waals surface area contributed by atoms with Crippen molar-refractivity contribution in [2.24, 2.45) is 11.7 Å². The first-order chi connectivity index (χ1) is 6.95. The van der Waals surface area contributed by atoms with Gasteiger partial charge in [0.05, 0.1) is 6.04 Å². The summed E-state index contributed by atoms with van der Waals surface area (Å²) in [5, 5.41) is 2.71. The zero-order valence-electron chi connectivity index (χ0n) is 9.88. The zero-order valence-corrected chi connectivity index (χ0v) is 9.88. The second-order valence-electron chi connectivity index (χ2n) is 4.14. The number of carbonyl (C=O) groups is 2. The molecule has 1 atom stereocenters. The van der Waals surface area contributed by atoms with Gasteiger partial charge in [-0.05, 0) is 19.3 Å². The minimum absolute atomic E-state index is 0.00958. The van der Waals surface area contributed by atoms with Crippen LogP contribution in [0, 0.1) is 5.92 Å². The van der Waals surface area contributed by atoms with Crippen molar-refractivity contribution in [3.63, 3.8) is 0 Å². The molecule has 3 N–H and O–H groups in total. The molecule has 4 heteroatoms. The van der Waals surface area contributed by atoms with Gasteiger partial charge < -0.3 is 11.1 Å². The fourth-order valence-electron chi connectivity index (χ4n) is 1.32. The maximum absolute atomic E-state index is 11.4. The SMILES string of the molecule is CC(=O)NCCCCC(N)C(=O)C(C)C. The minimum atomic E-state index is -0.345. The van der Waals surface area contributed by atoms with Crippen LogP contribution in [0.3, 0.4) is 0 Å². The third-order valence-electron chi connectivity index (χ3n) is 2.25. The lowest BCUT2D eigenvalue weighted by Gasteiger charge is -2.12. The van der Waals surface area contributed by atoms with E-state index in [1.165, 1.54) is 6.92 Å². The van der Waals surface area contributed by atoms with E-state index in [2.05, 4.69) is 5.32 Å². The van der Waals surface area contributed by atoms with Crippen LogP contribution < -0.4 is 11.1 Å². The van der Waals surface area contributed by atoms with Crippen molar-refractivity contribution < 1.29 is 9.59 Å². The van der Waals surface area contributed by atoms with Crippen LogP contribution in [0.4, 0.5) is 0 Å². The summed E-state index contributed by atoms with van der Waals surface area (Å²) in [4.78, 5) is 22.0. The fourth-order valence-corrected chi connectivity index (χ4v) is 1.32. The molecule has 0 fully saturated rings. The number of hydrogen-bond donors (Lipinski definition) is 2. The smallest absolute Gasteiger partial charge is 0.216 e. The Bertz CT molecular complexity index is 215. The minimum Gasteiger partial charge on any atom is -0.356 e. The Labute approximate surface area is 91.6 Å². The van der Waals surface area contributed by atoms with Gasteiger partial charge in [-0.3, -0.25) is 9.59 Å². The summed E-state index contributed by atoms with van der Waals surface area (Å²) in [6.07, 6.45) is 2.45. The standard InChI is InChI=1S/C11H22N2O2/c1-8(2)11(15)10(12)6-4-5-7-13-9(3)14/h8,10H,4-7,12H2,1-3H3,(H,13,14). The molecular formula is C11H22N2O2. The summed E-state index contributed by atoms with van der Waals surface area (Å²) in [5.41, 5.74) is 5.72. The Morgan fingerprint density at radius 2 is 1.87 bits per heavy atom. The molecule has 0 aromatic rings. The van der Waals surface area contributed by atoms with E-state index in [1.807, 2.05) is 13.8 Å². The van der Waals surface area contributed by atoms with Gasteiger partial charge in [-0.1, -0.05) is 13.8 Å². The van der Waals surface area contributed by atoms with E-state index in [1.54, 1.807) is 0 Å². The van der Waals surface area contributed by atoms with Crippen molar-refractivity contribution in [3.05, 3.63) is 0 Å². The summed E-state index contributed by atoms with van der Waals surface area (Å²) in [6, 6.07) is -0.345. The highest BCUT2D eigenvalue weighted by molar-refractivity contribution is 5.85. The molecule has 0 saturated heterocycles. The fraction of sp³-hybridized carbons (Fsp3) is 0.818. The number of hydrogen-bond acceptors (Lipinski definition) is 3. The molecule has 0 aromatic carbocycles. The van der Waals surface area contributed by atoms with E-state index >= 15 is 0 Å². The first kappa shape index (κ1) is 14.1. The first-order valence-electron chi connectivity index (χ1n) is 5.49.